The number of aryl methyl sites for hydroxylation is 1. The number of fused-ring (bicyclic) bond motifs is 1. The molecule has 1 aliphatic heterocycles. The second kappa shape index (κ2) is 8.41. The van der Waals surface area contributed by atoms with Gasteiger partial charge in [-0.05, 0) is 11.6 Å². The van der Waals surface area contributed by atoms with Crippen molar-refractivity contribution in [2.75, 3.05) is 32.7 Å². The summed E-state index contributed by atoms with van der Waals surface area (Å²) in [5.74, 6) is 1.82. The number of hydrogen-bond donors (Lipinski definition) is 0. The third-order valence-corrected chi connectivity index (χ3v) is 5.97. The smallest absolute Gasteiger partial charge is 0.227 e. The molecule has 29 heavy (non-hydrogen) atoms. The third kappa shape index (κ3) is 4.22. The minimum absolute atomic E-state index is 0.234. The third-order valence-electron chi connectivity index (χ3n) is 5.97. The quantitative estimate of drug-likeness (QED) is 0.647. The minimum atomic E-state index is 0.234. The molecule has 0 unspecified atom stereocenters. The highest BCUT2D eigenvalue weighted by Gasteiger charge is 2.22. The first-order valence-electron chi connectivity index (χ1n) is 10.6. The molecule has 4 rings (SSSR count). The average molecular weight is 394 g/mol. The van der Waals surface area contributed by atoms with Gasteiger partial charge in [0.05, 0.1) is 6.42 Å². The van der Waals surface area contributed by atoms with Gasteiger partial charge in [-0.1, -0.05) is 32.0 Å². The molecule has 6 heteroatoms. The Hall–Kier alpha value is -2.60. The van der Waals surface area contributed by atoms with Gasteiger partial charge in [0.2, 0.25) is 5.91 Å². The van der Waals surface area contributed by atoms with Gasteiger partial charge in [0, 0.05) is 81.7 Å². The summed E-state index contributed by atoms with van der Waals surface area (Å²) in [6.45, 7) is 9.81. The van der Waals surface area contributed by atoms with E-state index < -0.39 is 0 Å². The molecular formula is C23H31N5O. The van der Waals surface area contributed by atoms with E-state index >= 15 is 0 Å². The first-order chi connectivity index (χ1) is 14.0. The van der Waals surface area contributed by atoms with Crippen LogP contribution in [0.4, 0.5) is 0 Å². The van der Waals surface area contributed by atoms with Gasteiger partial charge in [-0.2, -0.15) is 0 Å². The zero-order valence-corrected chi connectivity index (χ0v) is 17.7. The number of carbonyl (C=O) groups excluding carboxylic acids is 1. The SMILES string of the molecule is CC(C)c1nccn1CCN1CCN(C(=O)Cc2cn(C)c3ccccc23)CC1. The van der Waals surface area contributed by atoms with Gasteiger partial charge in [-0.25, -0.2) is 4.98 Å². The first-order valence-corrected chi connectivity index (χ1v) is 10.6. The Kier molecular flexibility index (Phi) is 5.72. The molecule has 1 fully saturated rings. The molecule has 1 aliphatic rings. The molecule has 1 aromatic carbocycles. The van der Waals surface area contributed by atoms with Crippen molar-refractivity contribution in [2.24, 2.45) is 7.05 Å². The molecule has 0 aliphatic carbocycles. The van der Waals surface area contributed by atoms with Crippen LogP contribution >= 0.6 is 0 Å². The van der Waals surface area contributed by atoms with Gasteiger partial charge in [-0.3, -0.25) is 9.69 Å². The molecule has 1 amide bonds. The number of amides is 1. The summed E-state index contributed by atoms with van der Waals surface area (Å²) in [6.07, 6.45) is 6.53. The van der Waals surface area contributed by atoms with Crippen LogP contribution < -0.4 is 0 Å². The Labute approximate surface area is 172 Å². The lowest BCUT2D eigenvalue weighted by Gasteiger charge is -2.35. The molecule has 0 bridgehead atoms. The van der Waals surface area contributed by atoms with Crippen LogP contribution in [0.1, 0.15) is 31.2 Å². The maximum absolute atomic E-state index is 12.9. The molecule has 0 saturated carbocycles. The maximum Gasteiger partial charge on any atom is 0.227 e. The van der Waals surface area contributed by atoms with Gasteiger partial charge >= 0.3 is 0 Å². The Morgan fingerprint density at radius 2 is 1.86 bits per heavy atom. The molecule has 6 nitrogen and oxygen atoms in total. The number of hydrogen-bond acceptors (Lipinski definition) is 3. The van der Waals surface area contributed by atoms with Crippen LogP contribution in [0.25, 0.3) is 10.9 Å². The largest absolute Gasteiger partial charge is 0.350 e. The Balaban J connectivity index is 1.30. The van der Waals surface area contributed by atoms with E-state index in [0.717, 1.165) is 50.7 Å². The predicted octanol–water partition coefficient (Wildman–Crippen LogP) is 2.89. The van der Waals surface area contributed by atoms with E-state index in [1.807, 2.05) is 30.3 Å². The number of piperazine rings is 1. The van der Waals surface area contributed by atoms with E-state index in [1.54, 1.807) is 0 Å². The molecular weight excluding hydrogens is 362 g/mol. The molecule has 154 valence electrons. The Morgan fingerprint density at radius 3 is 2.62 bits per heavy atom. The van der Waals surface area contributed by atoms with Crippen molar-refractivity contribution in [1.82, 2.24) is 23.9 Å². The van der Waals surface area contributed by atoms with Crippen molar-refractivity contribution in [3.63, 3.8) is 0 Å². The van der Waals surface area contributed by atoms with Gasteiger partial charge in [0.15, 0.2) is 0 Å². The molecule has 0 atom stereocenters. The molecule has 1 saturated heterocycles. The van der Waals surface area contributed by atoms with Crippen molar-refractivity contribution in [3.05, 3.63) is 54.2 Å². The lowest BCUT2D eigenvalue weighted by molar-refractivity contribution is -0.132. The molecule has 3 aromatic rings. The van der Waals surface area contributed by atoms with Crippen LogP contribution in [-0.2, 0) is 24.8 Å². The fourth-order valence-electron chi connectivity index (χ4n) is 4.32. The van der Waals surface area contributed by atoms with Crippen molar-refractivity contribution in [2.45, 2.75) is 32.7 Å². The van der Waals surface area contributed by atoms with Crippen LogP contribution in [-0.4, -0.2) is 62.5 Å². The van der Waals surface area contributed by atoms with Crippen LogP contribution in [0.2, 0.25) is 0 Å². The molecule has 0 N–H and O–H groups in total. The summed E-state index contributed by atoms with van der Waals surface area (Å²) in [6, 6.07) is 8.30. The normalized spacial score (nSPS) is 15.5. The fraction of sp³-hybridized carbons (Fsp3) is 0.478. The highest BCUT2D eigenvalue weighted by molar-refractivity contribution is 5.89. The standard InChI is InChI=1S/C23H31N5O/c1-18(2)23-24-8-9-28(23)15-12-26-10-13-27(14-11-26)22(29)16-19-17-25(3)21-7-5-4-6-20(19)21/h4-9,17-18H,10-16H2,1-3H3. The maximum atomic E-state index is 12.9. The van der Waals surface area contributed by atoms with Crippen LogP contribution in [0.15, 0.2) is 42.9 Å². The summed E-state index contributed by atoms with van der Waals surface area (Å²) in [5.41, 5.74) is 2.30. The van der Waals surface area contributed by atoms with Crippen LogP contribution in [0.5, 0.6) is 0 Å². The summed E-state index contributed by atoms with van der Waals surface area (Å²) < 4.78 is 4.36. The second-order valence-electron chi connectivity index (χ2n) is 8.32. The van der Waals surface area contributed by atoms with Gasteiger partial charge in [-0.15, -0.1) is 0 Å². The van der Waals surface area contributed by atoms with Crippen molar-refractivity contribution in [1.29, 1.82) is 0 Å². The number of rotatable bonds is 6. The highest BCUT2D eigenvalue weighted by atomic mass is 16.2. The monoisotopic (exact) mass is 393 g/mol. The summed E-state index contributed by atoms with van der Waals surface area (Å²) in [7, 11) is 2.04. The minimum Gasteiger partial charge on any atom is -0.350 e. The summed E-state index contributed by atoms with van der Waals surface area (Å²) in [5, 5.41) is 1.18. The lowest BCUT2D eigenvalue weighted by Crippen LogP contribution is -2.49. The molecule has 2 aromatic heterocycles. The number of carbonyl (C=O) groups is 1. The van der Waals surface area contributed by atoms with E-state index in [-0.39, 0.29) is 5.91 Å². The molecule has 0 spiro atoms. The zero-order valence-electron chi connectivity index (χ0n) is 17.7. The van der Waals surface area contributed by atoms with Gasteiger partial charge in [0.25, 0.3) is 0 Å². The fourth-order valence-corrected chi connectivity index (χ4v) is 4.32. The van der Waals surface area contributed by atoms with E-state index in [4.69, 9.17) is 0 Å². The Bertz CT molecular complexity index is 978. The molecule has 3 heterocycles. The summed E-state index contributed by atoms with van der Waals surface area (Å²) in [4.78, 5) is 21.8. The van der Waals surface area contributed by atoms with E-state index in [9.17, 15) is 4.79 Å². The summed E-state index contributed by atoms with van der Waals surface area (Å²) >= 11 is 0. The van der Waals surface area contributed by atoms with Crippen LogP contribution in [0.3, 0.4) is 0 Å². The van der Waals surface area contributed by atoms with Crippen molar-refractivity contribution in [3.8, 4) is 0 Å². The Morgan fingerprint density at radius 1 is 1.10 bits per heavy atom. The van der Waals surface area contributed by atoms with Crippen molar-refractivity contribution >= 4 is 16.8 Å². The lowest BCUT2D eigenvalue weighted by atomic mass is 10.1. The number of imidazole rings is 1. The first kappa shape index (κ1) is 19.7. The number of para-hydroxylation sites is 1. The van der Waals surface area contributed by atoms with E-state index in [1.165, 1.54) is 10.9 Å². The predicted molar refractivity (Wildman–Crippen MR) is 116 cm³/mol. The average Bonchev–Trinajstić information content (AvgIpc) is 3.32. The highest BCUT2D eigenvalue weighted by Crippen LogP contribution is 2.21. The molecule has 0 radical (unpaired) electrons. The topological polar surface area (TPSA) is 46.3 Å². The van der Waals surface area contributed by atoms with Gasteiger partial charge < -0.3 is 14.0 Å². The van der Waals surface area contributed by atoms with E-state index in [0.29, 0.717) is 12.3 Å². The van der Waals surface area contributed by atoms with Crippen molar-refractivity contribution < 1.29 is 4.79 Å². The second-order valence-corrected chi connectivity index (χ2v) is 8.32. The van der Waals surface area contributed by atoms with Crippen LogP contribution in [0, 0.1) is 0 Å². The number of nitrogens with zero attached hydrogens (tertiary/aromatic N) is 5. The number of benzene rings is 1. The van der Waals surface area contributed by atoms with Gasteiger partial charge in [0.1, 0.15) is 5.82 Å². The zero-order chi connectivity index (χ0) is 20.4. The van der Waals surface area contributed by atoms with E-state index in [2.05, 4.69) is 57.4 Å². The number of aromatic nitrogens is 3.